The number of nitrogens with one attached hydrogen (secondary N) is 2. The van der Waals surface area contributed by atoms with Crippen LogP contribution in [0, 0.1) is 17.0 Å². The van der Waals surface area contributed by atoms with Crippen LogP contribution < -0.4 is 10.6 Å². The molecule has 2 N–H and O–H groups in total. The van der Waals surface area contributed by atoms with Gasteiger partial charge in [-0.2, -0.15) is 0 Å². The number of benzene rings is 1. The van der Waals surface area contributed by atoms with Crippen molar-refractivity contribution in [3.05, 3.63) is 51.0 Å². The molecule has 0 aliphatic carbocycles. The fourth-order valence-electron chi connectivity index (χ4n) is 1.63. The first-order valence-electron chi connectivity index (χ1n) is 5.87. The number of hydrogen-bond donors (Lipinski definition) is 2. The summed E-state index contributed by atoms with van der Waals surface area (Å²) in [5.74, 6) is 0.795. The third-order valence-electron chi connectivity index (χ3n) is 2.72. The molecule has 7 heteroatoms. The van der Waals surface area contributed by atoms with E-state index in [4.69, 9.17) is 11.6 Å². The van der Waals surface area contributed by atoms with Crippen LogP contribution in [0.15, 0.2) is 30.3 Å². The van der Waals surface area contributed by atoms with E-state index in [0.29, 0.717) is 16.7 Å². The Morgan fingerprint density at radius 3 is 2.55 bits per heavy atom. The second-order valence-corrected chi connectivity index (χ2v) is 4.60. The molecule has 0 aliphatic heterocycles. The number of pyridine rings is 1. The molecule has 0 aliphatic rings. The molecule has 0 unspecified atom stereocenters. The largest absolute Gasteiger partial charge is 0.373 e. The highest BCUT2D eigenvalue weighted by Gasteiger charge is 2.11. The van der Waals surface area contributed by atoms with Crippen LogP contribution in [0.4, 0.5) is 23.0 Å². The average Bonchev–Trinajstić information content (AvgIpc) is 2.42. The summed E-state index contributed by atoms with van der Waals surface area (Å²) in [5, 5.41) is 17.3. The zero-order valence-electron chi connectivity index (χ0n) is 11.0. The second-order valence-electron chi connectivity index (χ2n) is 4.19. The summed E-state index contributed by atoms with van der Waals surface area (Å²) in [6.07, 6.45) is 0. The number of rotatable bonds is 4. The maximum Gasteiger partial charge on any atom is 0.276 e. The van der Waals surface area contributed by atoms with Gasteiger partial charge in [-0.25, -0.2) is 4.98 Å². The van der Waals surface area contributed by atoms with Crippen LogP contribution in [0.3, 0.4) is 0 Å². The third kappa shape index (κ3) is 3.16. The average molecular weight is 293 g/mol. The zero-order chi connectivity index (χ0) is 14.7. The Kier molecular flexibility index (Phi) is 4.05. The molecule has 1 aromatic carbocycles. The van der Waals surface area contributed by atoms with Gasteiger partial charge >= 0.3 is 0 Å². The Labute approximate surface area is 120 Å². The Bertz CT molecular complexity index is 661. The molecule has 0 spiro atoms. The maximum atomic E-state index is 10.9. The summed E-state index contributed by atoms with van der Waals surface area (Å²) in [5.41, 5.74) is 1.64. The van der Waals surface area contributed by atoms with E-state index in [-0.39, 0.29) is 5.69 Å². The highest BCUT2D eigenvalue weighted by molar-refractivity contribution is 6.31. The number of aromatic nitrogens is 1. The molecule has 2 aromatic rings. The lowest BCUT2D eigenvalue weighted by molar-refractivity contribution is -0.384. The minimum absolute atomic E-state index is 0.0370. The van der Waals surface area contributed by atoms with Gasteiger partial charge < -0.3 is 10.6 Å². The summed E-state index contributed by atoms with van der Waals surface area (Å²) >= 11 is 6.04. The van der Waals surface area contributed by atoms with Gasteiger partial charge in [-0.15, -0.1) is 0 Å². The number of aryl methyl sites for hydroxylation is 1. The van der Waals surface area contributed by atoms with Gasteiger partial charge in [-0.05, 0) is 24.6 Å². The van der Waals surface area contributed by atoms with E-state index in [9.17, 15) is 10.1 Å². The van der Waals surface area contributed by atoms with E-state index >= 15 is 0 Å². The van der Waals surface area contributed by atoms with Gasteiger partial charge in [0, 0.05) is 17.8 Å². The van der Waals surface area contributed by atoms with E-state index in [2.05, 4.69) is 15.6 Å². The molecule has 2 rings (SSSR count). The summed E-state index contributed by atoms with van der Waals surface area (Å²) in [7, 11) is 1.65. The van der Waals surface area contributed by atoms with Crippen LogP contribution in [0.25, 0.3) is 0 Å². The van der Waals surface area contributed by atoms with Crippen molar-refractivity contribution >= 4 is 34.6 Å². The van der Waals surface area contributed by atoms with Crippen LogP contribution >= 0.6 is 11.6 Å². The standard InChI is InChI=1S/C13H13ClN4O2/c1-8-3-4-9(5-11(8)14)16-13-7-10(18(19)20)6-12(15-2)17-13/h3-7H,1-2H3,(H2,15,16,17). The first-order chi connectivity index (χ1) is 9.49. The molecule has 0 atom stereocenters. The van der Waals surface area contributed by atoms with Gasteiger partial charge in [-0.3, -0.25) is 10.1 Å². The zero-order valence-corrected chi connectivity index (χ0v) is 11.7. The molecule has 0 saturated carbocycles. The van der Waals surface area contributed by atoms with E-state index in [1.54, 1.807) is 13.1 Å². The van der Waals surface area contributed by atoms with Crippen molar-refractivity contribution in [3.8, 4) is 0 Å². The lowest BCUT2D eigenvalue weighted by Crippen LogP contribution is -2.00. The fourth-order valence-corrected chi connectivity index (χ4v) is 1.81. The Balaban J connectivity index is 2.34. The number of anilines is 3. The molecule has 0 fully saturated rings. The minimum Gasteiger partial charge on any atom is -0.373 e. The van der Waals surface area contributed by atoms with E-state index in [1.807, 2.05) is 19.1 Å². The summed E-state index contributed by atoms with van der Waals surface area (Å²) in [4.78, 5) is 14.6. The molecule has 20 heavy (non-hydrogen) atoms. The van der Waals surface area contributed by atoms with Gasteiger partial charge in [0.2, 0.25) is 0 Å². The van der Waals surface area contributed by atoms with Crippen molar-refractivity contribution in [1.82, 2.24) is 4.98 Å². The van der Waals surface area contributed by atoms with Crippen molar-refractivity contribution in [2.45, 2.75) is 6.92 Å². The van der Waals surface area contributed by atoms with Crippen LogP contribution in [0.5, 0.6) is 0 Å². The molecule has 0 saturated heterocycles. The van der Waals surface area contributed by atoms with E-state index in [0.717, 1.165) is 11.3 Å². The van der Waals surface area contributed by atoms with Crippen molar-refractivity contribution in [1.29, 1.82) is 0 Å². The molecule has 104 valence electrons. The van der Waals surface area contributed by atoms with Crippen molar-refractivity contribution in [3.63, 3.8) is 0 Å². The third-order valence-corrected chi connectivity index (χ3v) is 3.13. The summed E-state index contributed by atoms with van der Waals surface area (Å²) in [6.45, 7) is 1.90. The quantitative estimate of drug-likeness (QED) is 0.663. The first kappa shape index (κ1) is 14.1. The SMILES string of the molecule is CNc1cc([N+](=O)[O-])cc(Nc2ccc(C)c(Cl)c2)n1. The molecule has 1 aromatic heterocycles. The smallest absolute Gasteiger partial charge is 0.276 e. The van der Waals surface area contributed by atoms with Crippen molar-refractivity contribution < 1.29 is 4.92 Å². The van der Waals surface area contributed by atoms with Gasteiger partial charge in [0.05, 0.1) is 17.1 Å². The molecule has 0 radical (unpaired) electrons. The monoisotopic (exact) mass is 292 g/mol. The van der Waals surface area contributed by atoms with Gasteiger partial charge in [0.1, 0.15) is 11.6 Å². The first-order valence-corrected chi connectivity index (χ1v) is 6.25. The van der Waals surface area contributed by atoms with Crippen LogP contribution in [-0.4, -0.2) is 17.0 Å². The highest BCUT2D eigenvalue weighted by atomic mass is 35.5. The molecular weight excluding hydrogens is 280 g/mol. The molecule has 6 nitrogen and oxygen atoms in total. The Hall–Kier alpha value is -2.34. The lowest BCUT2D eigenvalue weighted by Gasteiger charge is -2.09. The predicted molar refractivity (Wildman–Crippen MR) is 79.9 cm³/mol. The van der Waals surface area contributed by atoms with E-state index in [1.165, 1.54) is 12.1 Å². The van der Waals surface area contributed by atoms with Crippen LogP contribution in [0.1, 0.15) is 5.56 Å². The number of hydrogen-bond acceptors (Lipinski definition) is 5. The summed E-state index contributed by atoms with van der Waals surface area (Å²) in [6, 6.07) is 8.18. The predicted octanol–water partition coefficient (Wildman–Crippen LogP) is 3.74. The Morgan fingerprint density at radius 1 is 1.25 bits per heavy atom. The minimum atomic E-state index is -0.462. The number of nitro groups is 1. The molecule has 1 heterocycles. The highest BCUT2D eigenvalue weighted by Crippen LogP contribution is 2.25. The summed E-state index contributed by atoms with van der Waals surface area (Å²) < 4.78 is 0. The van der Waals surface area contributed by atoms with Gasteiger partial charge in [-0.1, -0.05) is 17.7 Å². The fraction of sp³-hybridized carbons (Fsp3) is 0.154. The van der Waals surface area contributed by atoms with Crippen LogP contribution in [0.2, 0.25) is 5.02 Å². The molecule has 0 bridgehead atoms. The topological polar surface area (TPSA) is 80.1 Å². The maximum absolute atomic E-state index is 10.9. The molecule has 0 amide bonds. The van der Waals surface area contributed by atoms with Crippen molar-refractivity contribution in [2.24, 2.45) is 0 Å². The normalized spacial score (nSPS) is 10.2. The van der Waals surface area contributed by atoms with E-state index < -0.39 is 4.92 Å². The number of halogens is 1. The second kappa shape index (κ2) is 5.75. The molecular formula is C13H13ClN4O2. The Morgan fingerprint density at radius 2 is 1.95 bits per heavy atom. The lowest BCUT2D eigenvalue weighted by atomic mass is 10.2. The number of nitrogens with zero attached hydrogens (tertiary/aromatic N) is 2. The van der Waals surface area contributed by atoms with Crippen molar-refractivity contribution in [2.75, 3.05) is 17.7 Å². The van der Waals surface area contributed by atoms with Gasteiger partial charge in [0.15, 0.2) is 0 Å². The van der Waals surface area contributed by atoms with Crippen LogP contribution in [-0.2, 0) is 0 Å². The van der Waals surface area contributed by atoms with Gasteiger partial charge in [0.25, 0.3) is 5.69 Å².